The number of fused-ring (bicyclic) bond motifs is 5. The second kappa shape index (κ2) is 17.7. The highest BCUT2D eigenvalue weighted by atomic mass is 16.6. The van der Waals surface area contributed by atoms with E-state index < -0.39 is 24.3 Å². The molecule has 0 aliphatic heterocycles. The predicted molar refractivity (Wildman–Crippen MR) is 233 cm³/mol. The summed E-state index contributed by atoms with van der Waals surface area (Å²) in [6.45, 7) is 21.2. The second-order valence-electron chi connectivity index (χ2n) is 20.3. The maximum atomic E-state index is 14.1. The highest BCUT2D eigenvalue weighted by molar-refractivity contribution is 5.88. The third-order valence-electron chi connectivity index (χ3n) is 15.8. The third kappa shape index (κ3) is 9.01. The van der Waals surface area contributed by atoms with Crippen LogP contribution in [0.25, 0.3) is 0 Å². The van der Waals surface area contributed by atoms with Gasteiger partial charge in [0.25, 0.3) is 0 Å². The molecule has 0 amide bonds. The number of benzene rings is 1. The van der Waals surface area contributed by atoms with E-state index in [0.717, 1.165) is 51.4 Å². The minimum atomic E-state index is -1.64. The number of hydrogen-bond acceptors (Lipinski definition) is 7. The lowest BCUT2D eigenvalue weighted by atomic mass is 9.44. The van der Waals surface area contributed by atoms with E-state index in [2.05, 4.69) is 86.6 Å². The summed E-state index contributed by atoms with van der Waals surface area (Å²) in [5.74, 6) is 0.910. The number of ketones is 1. The van der Waals surface area contributed by atoms with E-state index in [4.69, 9.17) is 4.74 Å². The summed E-state index contributed by atoms with van der Waals surface area (Å²) in [4.78, 5) is 27.1. The first-order valence-electron chi connectivity index (χ1n) is 22.1. The van der Waals surface area contributed by atoms with Crippen molar-refractivity contribution in [3.05, 3.63) is 82.0 Å². The Kier molecular flexibility index (Phi) is 13.9. The van der Waals surface area contributed by atoms with Crippen molar-refractivity contribution in [2.24, 2.45) is 39.4 Å². The molecule has 0 saturated heterocycles. The minimum Gasteiger partial charge on any atom is -0.508 e. The monoisotopic (exact) mass is 799 g/mol. The summed E-state index contributed by atoms with van der Waals surface area (Å²) in [7, 11) is 0. The molecule has 0 radical (unpaired) electrons. The van der Waals surface area contributed by atoms with Crippen LogP contribution in [0.15, 0.2) is 76.4 Å². The molecule has 0 heterocycles. The zero-order valence-corrected chi connectivity index (χ0v) is 37.3. The number of allylic oxidation sites excluding steroid dienone is 9. The highest BCUT2D eigenvalue weighted by Gasteiger charge is 2.63. The number of esters is 1. The maximum Gasteiger partial charge on any atom is 0.334 e. The molecule has 0 spiro atoms. The third-order valence-corrected chi connectivity index (χ3v) is 15.8. The first kappa shape index (κ1) is 45.7. The minimum absolute atomic E-state index is 0.000385. The van der Waals surface area contributed by atoms with Gasteiger partial charge in [-0.15, -0.1) is 0 Å². The first-order chi connectivity index (χ1) is 27.1. The summed E-state index contributed by atoms with van der Waals surface area (Å²) in [5, 5.41) is 42.3. The van der Waals surface area contributed by atoms with E-state index >= 15 is 0 Å². The van der Waals surface area contributed by atoms with Crippen LogP contribution in [0.1, 0.15) is 152 Å². The number of carbonyl (C=O) groups excluding carboxylic acids is 2. The molecule has 4 aliphatic carbocycles. The van der Waals surface area contributed by atoms with E-state index in [0.29, 0.717) is 54.4 Å². The van der Waals surface area contributed by atoms with Gasteiger partial charge < -0.3 is 25.2 Å². The Hall–Kier alpha value is -3.42. The Morgan fingerprint density at radius 1 is 0.966 bits per heavy atom. The fraction of sp³-hybridized carbons (Fsp3) is 0.647. The quantitative estimate of drug-likeness (QED) is 0.0568. The average molecular weight is 799 g/mol. The van der Waals surface area contributed by atoms with Crippen LogP contribution in [0.4, 0.5) is 0 Å². The fourth-order valence-corrected chi connectivity index (χ4v) is 11.6. The average Bonchev–Trinajstić information content (AvgIpc) is 3.44. The van der Waals surface area contributed by atoms with Crippen molar-refractivity contribution in [2.45, 2.75) is 164 Å². The highest BCUT2D eigenvalue weighted by Crippen LogP contribution is 2.71. The van der Waals surface area contributed by atoms with E-state index in [-0.39, 0.29) is 45.5 Å². The number of hydrogen-bond donors (Lipinski definition) is 4. The molecule has 5 rings (SSSR count). The number of ether oxygens (including phenoxy) is 1. The van der Waals surface area contributed by atoms with Crippen LogP contribution < -0.4 is 0 Å². The zero-order valence-electron chi connectivity index (χ0n) is 37.3. The number of aromatic hydroxyl groups is 2. The summed E-state index contributed by atoms with van der Waals surface area (Å²) >= 11 is 0. The van der Waals surface area contributed by atoms with Crippen LogP contribution in [0.2, 0.25) is 0 Å². The molecule has 4 aliphatic rings. The molecule has 320 valence electrons. The van der Waals surface area contributed by atoms with Crippen molar-refractivity contribution in [3.63, 3.8) is 0 Å². The van der Waals surface area contributed by atoms with Crippen molar-refractivity contribution in [3.8, 4) is 11.5 Å². The van der Waals surface area contributed by atoms with Crippen LogP contribution in [0.3, 0.4) is 0 Å². The number of phenolic OH excluding ortho intramolecular Hbond substituents is 2. The van der Waals surface area contributed by atoms with Gasteiger partial charge in [-0.25, -0.2) is 4.79 Å². The molecule has 1 aromatic carbocycles. The molecule has 1 aromatic rings. The van der Waals surface area contributed by atoms with Crippen molar-refractivity contribution < 1.29 is 34.8 Å². The van der Waals surface area contributed by atoms with Gasteiger partial charge in [0.2, 0.25) is 0 Å². The summed E-state index contributed by atoms with van der Waals surface area (Å²) in [6.07, 6.45) is 20.1. The van der Waals surface area contributed by atoms with Crippen LogP contribution in [0, 0.1) is 39.4 Å². The second-order valence-corrected chi connectivity index (χ2v) is 20.3. The van der Waals surface area contributed by atoms with E-state index in [1.54, 1.807) is 6.08 Å². The number of phenols is 2. The molecule has 7 nitrogen and oxygen atoms in total. The van der Waals surface area contributed by atoms with E-state index in [1.807, 2.05) is 0 Å². The molecule has 7 heteroatoms. The Balaban J connectivity index is 1.32. The smallest absolute Gasteiger partial charge is 0.334 e. The van der Waals surface area contributed by atoms with Crippen molar-refractivity contribution in [1.82, 2.24) is 0 Å². The molecule has 2 fully saturated rings. The molecule has 8 atom stereocenters. The van der Waals surface area contributed by atoms with Crippen LogP contribution in [0.5, 0.6) is 11.5 Å². The SMILES string of the molecule is CC(C)=CCC/C(C)=C/CC/C(=C/Cc1cc(O)ccc1O)C(=O)OC(CCC(C)[C@H]1CC[C@@]2(C)C3=CC[C@H]4C(C)(C)C(=O)CC[C@]4(C)C3=CC[C@]12C)C(C)(O)CO. The lowest BCUT2D eigenvalue weighted by Crippen LogP contribution is -2.53. The van der Waals surface area contributed by atoms with Gasteiger partial charge in [0, 0.05) is 23.0 Å². The van der Waals surface area contributed by atoms with Gasteiger partial charge in [-0.1, -0.05) is 83.1 Å². The van der Waals surface area contributed by atoms with Crippen LogP contribution >= 0.6 is 0 Å². The Morgan fingerprint density at radius 2 is 1.67 bits per heavy atom. The van der Waals surface area contributed by atoms with Gasteiger partial charge in [-0.3, -0.25) is 4.79 Å². The first-order valence-corrected chi connectivity index (χ1v) is 22.1. The lowest BCUT2D eigenvalue weighted by Gasteiger charge is -2.59. The standard InChI is InChI=1S/C51H74O7/c1-33(2)13-11-14-34(3)15-12-16-36(18-19-37-31-38(53)20-22-42(37)54)46(56)58-45(51(10,57)32-52)24-17-35(4)39-25-29-50(9)41-21-23-43-47(5,6)44(55)27-28-48(43,7)40(41)26-30-49(39,50)8/h13,15,18,20-22,26,31,35,39,43,45,52-54,57H,11-12,14,16-17,19,23-25,27-30,32H2,1-10H3/b34-15+,36-18-/t35?,39-,43+,45?,48-,49-,50+,51?/m1/s1. The Morgan fingerprint density at radius 3 is 2.36 bits per heavy atom. The Bertz CT molecular complexity index is 1850. The van der Waals surface area contributed by atoms with Crippen LogP contribution in [-0.4, -0.2) is 50.5 Å². The number of rotatable bonds is 16. The molecular formula is C51H74O7. The van der Waals surface area contributed by atoms with Gasteiger partial charge in [0.05, 0.1) is 6.61 Å². The normalized spacial score (nSPS) is 30.2. The number of Topliss-reactive ketones (excluding diaryl/α,β-unsaturated/α-hetero) is 1. The topological polar surface area (TPSA) is 124 Å². The predicted octanol–water partition coefficient (Wildman–Crippen LogP) is 11.2. The van der Waals surface area contributed by atoms with Gasteiger partial charge >= 0.3 is 5.97 Å². The fourth-order valence-electron chi connectivity index (χ4n) is 11.6. The molecule has 0 aromatic heterocycles. The lowest BCUT2D eigenvalue weighted by molar-refractivity contribution is -0.165. The molecule has 2 saturated carbocycles. The largest absolute Gasteiger partial charge is 0.508 e. The molecule has 4 N–H and O–H groups in total. The Labute approximate surface area is 349 Å². The molecule has 58 heavy (non-hydrogen) atoms. The molecule has 0 bridgehead atoms. The van der Waals surface area contributed by atoms with Gasteiger partial charge in [-0.05, 0) is 168 Å². The van der Waals surface area contributed by atoms with Crippen molar-refractivity contribution >= 4 is 11.8 Å². The molecular weight excluding hydrogens is 725 g/mol. The summed E-state index contributed by atoms with van der Waals surface area (Å²) in [5.41, 5.74) is 4.50. The van der Waals surface area contributed by atoms with E-state index in [1.165, 1.54) is 47.4 Å². The zero-order chi connectivity index (χ0) is 42.8. The number of carbonyl (C=O) groups is 2. The van der Waals surface area contributed by atoms with Gasteiger partial charge in [0.1, 0.15) is 29.0 Å². The summed E-state index contributed by atoms with van der Waals surface area (Å²) in [6, 6.07) is 4.34. The molecule has 3 unspecified atom stereocenters. The van der Waals surface area contributed by atoms with Crippen molar-refractivity contribution in [2.75, 3.05) is 6.61 Å². The van der Waals surface area contributed by atoms with E-state index in [9.17, 15) is 30.0 Å². The van der Waals surface area contributed by atoms with Gasteiger partial charge in [-0.2, -0.15) is 0 Å². The van der Waals surface area contributed by atoms with Crippen molar-refractivity contribution in [1.29, 1.82) is 0 Å². The number of aliphatic hydroxyl groups excluding tert-OH is 1. The summed E-state index contributed by atoms with van der Waals surface area (Å²) < 4.78 is 6.18. The number of aliphatic hydroxyl groups is 2. The maximum absolute atomic E-state index is 14.1. The van der Waals surface area contributed by atoms with Crippen LogP contribution in [-0.2, 0) is 20.7 Å². The van der Waals surface area contributed by atoms with Gasteiger partial charge in [0.15, 0.2) is 0 Å².